The van der Waals surface area contributed by atoms with E-state index < -0.39 is 23.3 Å². The highest BCUT2D eigenvalue weighted by Crippen LogP contribution is 2.30. The Kier molecular flexibility index (Phi) is 11.4. The molecule has 0 radical (unpaired) electrons. The quantitative estimate of drug-likeness (QED) is 0.356. The number of nitrogens with one attached hydrogen (secondary N) is 1. The van der Waals surface area contributed by atoms with Crippen LogP contribution in [0.4, 0.5) is 17.6 Å². The van der Waals surface area contributed by atoms with E-state index in [1.807, 2.05) is 38.1 Å². The van der Waals surface area contributed by atoms with Crippen LogP contribution in [-0.4, -0.2) is 22.8 Å². The van der Waals surface area contributed by atoms with Crippen molar-refractivity contribution in [2.45, 2.75) is 59.6 Å². The second-order valence-corrected chi connectivity index (χ2v) is 6.74. The molecule has 176 valence electrons. The maximum atomic E-state index is 13.5. The predicted molar refractivity (Wildman–Crippen MR) is 118 cm³/mol. The molecule has 0 atom stereocenters. The van der Waals surface area contributed by atoms with Crippen molar-refractivity contribution in [2.75, 3.05) is 6.61 Å². The lowest BCUT2D eigenvalue weighted by Gasteiger charge is -2.12. The zero-order valence-corrected chi connectivity index (χ0v) is 18.9. The minimum Gasteiger partial charge on any atom is -0.476 e. The SMILES string of the molecule is C/C=C(\C=C(/CCC)C(F)(F)F)Cc1ccc(CCOc2[nH]c(=O)ncc2F)cc1.CC. The predicted octanol–water partition coefficient (Wildman–Crippen LogP) is 6.33. The first kappa shape index (κ1) is 27.1. The van der Waals surface area contributed by atoms with E-state index in [1.165, 1.54) is 6.08 Å². The van der Waals surface area contributed by atoms with E-state index in [-0.39, 0.29) is 18.9 Å². The van der Waals surface area contributed by atoms with Crippen molar-refractivity contribution in [2.24, 2.45) is 0 Å². The van der Waals surface area contributed by atoms with Crippen LogP contribution in [0.25, 0.3) is 0 Å². The van der Waals surface area contributed by atoms with E-state index in [0.29, 0.717) is 24.8 Å². The fourth-order valence-electron chi connectivity index (χ4n) is 2.82. The van der Waals surface area contributed by atoms with Crippen LogP contribution in [0.5, 0.6) is 5.88 Å². The second kappa shape index (κ2) is 13.5. The van der Waals surface area contributed by atoms with E-state index in [9.17, 15) is 22.4 Å². The van der Waals surface area contributed by atoms with Gasteiger partial charge in [0.2, 0.25) is 11.7 Å². The van der Waals surface area contributed by atoms with Crippen LogP contribution in [0, 0.1) is 5.82 Å². The van der Waals surface area contributed by atoms with Crippen LogP contribution in [0.1, 0.15) is 51.7 Å². The van der Waals surface area contributed by atoms with Crippen LogP contribution in [0.2, 0.25) is 0 Å². The van der Waals surface area contributed by atoms with Crippen molar-refractivity contribution in [3.8, 4) is 5.88 Å². The first-order valence-corrected chi connectivity index (χ1v) is 10.6. The summed E-state index contributed by atoms with van der Waals surface area (Å²) < 4.78 is 58.1. The molecule has 32 heavy (non-hydrogen) atoms. The molecule has 0 spiro atoms. The number of hydrogen-bond donors (Lipinski definition) is 1. The first-order valence-electron chi connectivity index (χ1n) is 10.6. The standard InChI is InChI=1S/C22H24F4N2O2.C2H6/c1-3-5-18(22(24,25)26)13-15(4-2)12-17-8-6-16(7-9-17)10-11-30-20-19(23)14-27-21(29)28-20;1-2/h4,6-9,13-14H,3,5,10-12H2,1-2H3,(H,27,28,29);1-2H3/b15-4-,18-13+;. The number of rotatable bonds is 9. The molecule has 0 aliphatic carbocycles. The fourth-order valence-corrected chi connectivity index (χ4v) is 2.82. The zero-order valence-electron chi connectivity index (χ0n) is 18.9. The molecule has 0 unspecified atom stereocenters. The first-order chi connectivity index (χ1) is 15.2. The van der Waals surface area contributed by atoms with Crippen molar-refractivity contribution in [1.82, 2.24) is 9.97 Å². The number of halogens is 4. The Morgan fingerprint density at radius 1 is 1.16 bits per heavy atom. The van der Waals surface area contributed by atoms with Gasteiger partial charge in [-0.25, -0.2) is 4.79 Å². The number of H-pyrrole nitrogens is 1. The summed E-state index contributed by atoms with van der Waals surface area (Å²) in [5, 5.41) is 0. The molecule has 0 aliphatic heterocycles. The Hall–Kier alpha value is -2.90. The van der Waals surface area contributed by atoms with Gasteiger partial charge in [0.25, 0.3) is 0 Å². The number of ether oxygens (including phenoxy) is 1. The number of allylic oxidation sites excluding steroid dienone is 4. The van der Waals surface area contributed by atoms with Gasteiger partial charge in [-0.15, -0.1) is 0 Å². The van der Waals surface area contributed by atoms with Crippen LogP contribution < -0.4 is 10.4 Å². The Balaban J connectivity index is 0.00000249. The monoisotopic (exact) mass is 454 g/mol. The van der Waals surface area contributed by atoms with E-state index in [4.69, 9.17) is 4.74 Å². The molecule has 2 rings (SSSR count). The van der Waals surface area contributed by atoms with E-state index >= 15 is 0 Å². The molecule has 0 amide bonds. The van der Waals surface area contributed by atoms with E-state index in [2.05, 4.69) is 9.97 Å². The van der Waals surface area contributed by atoms with Crippen molar-refractivity contribution in [3.05, 3.63) is 81.2 Å². The summed E-state index contributed by atoms with van der Waals surface area (Å²) in [6, 6.07) is 7.37. The third-order valence-electron chi connectivity index (χ3n) is 4.41. The van der Waals surface area contributed by atoms with Crippen molar-refractivity contribution in [1.29, 1.82) is 0 Å². The number of benzene rings is 1. The molecule has 0 aliphatic rings. The third kappa shape index (κ3) is 9.08. The average molecular weight is 455 g/mol. The molecule has 8 heteroatoms. The Morgan fingerprint density at radius 2 is 1.78 bits per heavy atom. The number of hydrogen-bond acceptors (Lipinski definition) is 3. The molecule has 0 saturated heterocycles. The van der Waals surface area contributed by atoms with Crippen LogP contribution >= 0.6 is 0 Å². The average Bonchev–Trinajstić information content (AvgIpc) is 2.77. The summed E-state index contributed by atoms with van der Waals surface area (Å²) in [4.78, 5) is 16.5. The summed E-state index contributed by atoms with van der Waals surface area (Å²) >= 11 is 0. The van der Waals surface area contributed by atoms with Gasteiger partial charge in [0.05, 0.1) is 12.8 Å². The highest BCUT2D eigenvalue weighted by molar-refractivity contribution is 5.33. The van der Waals surface area contributed by atoms with Gasteiger partial charge in [-0.3, -0.25) is 4.98 Å². The van der Waals surface area contributed by atoms with Gasteiger partial charge in [-0.1, -0.05) is 63.6 Å². The highest BCUT2D eigenvalue weighted by atomic mass is 19.4. The molecule has 0 saturated carbocycles. The lowest BCUT2D eigenvalue weighted by molar-refractivity contribution is -0.0940. The Bertz CT molecular complexity index is 946. The normalized spacial score (nSPS) is 12.2. The topological polar surface area (TPSA) is 55.0 Å². The van der Waals surface area contributed by atoms with Crippen LogP contribution in [0.3, 0.4) is 0 Å². The van der Waals surface area contributed by atoms with Crippen molar-refractivity contribution >= 4 is 0 Å². The fraction of sp³-hybridized carbons (Fsp3) is 0.417. The molecule has 0 fully saturated rings. The molecule has 1 heterocycles. The number of nitrogens with zero attached hydrogens (tertiary/aromatic N) is 1. The Labute approximate surface area is 186 Å². The van der Waals surface area contributed by atoms with Gasteiger partial charge in [0.15, 0.2) is 0 Å². The molecular weight excluding hydrogens is 424 g/mol. The molecule has 0 bridgehead atoms. The lowest BCUT2D eigenvalue weighted by atomic mass is 9.99. The minimum atomic E-state index is -4.33. The number of aromatic nitrogens is 2. The summed E-state index contributed by atoms with van der Waals surface area (Å²) in [6.45, 7) is 7.59. The van der Waals surface area contributed by atoms with Gasteiger partial charge in [-0.2, -0.15) is 22.5 Å². The molecular formula is C24H30F4N2O2. The maximum Gasteiger partial charge on any atom is 0.412 e. The molecule has 1 N–H and O–H groups in total. The second-order valence-electron chi connectivity index (χ2n) is 6.74. The molecule has 2 aromatic rings. The van der Waals surface area contributed by atoms with Crippen LogP contribution in [-0.2, 0) is 12.8 Å². The number of aromatic amines is 1. The summed E-state index contributed by atoms with van der Waals surface area (Å²) in [7, 11) is 0. The van der Waals surface area contributed by atoms with Crippen LogP contribution in [0.15, 0.2) is 58.6 Å². The molecule has 1 aromatic carbocycles. The van der Waals surface area contributed by atoms with E-state index in [0.717, 1.165) is 17.3 Å². The minimum absolute atomic E-state index is 0.0108. The van der Waals surface area contributed by atoms with Gasteiger partial charge in [0.1, 0.15) is 0 Å². The molecule has 1 aromatic heterocycles. The third-order valence-corrected chi connectivity index (χ3v) is 4.41. The van der Waals surface area contributed by atoms with Gasteiger partial charge in [-0.05, 0) is 36.5 Å². The Morgan fingerprint density at radius 3 is 2.34 bits per heavy atom. The lowest BCUT2D eigenvalue weighted by Crippen LogP contribution is -2.14. The largest absolute Gasteiger partial charge is 0.476 e. The molecule has 4 nitrogen and oxygen atoms in total. The van der Waals surface area contributed by atoms with Gasteiger partial charge < -0.3 is 4.74 Å². The van der Waals surface area contributed by atoms with E-state index in [1.54, 1.807) is 19.9 Å². The van der Waals surface area contributed by atoms with Gasteiger partial charge in [0, 0.05) is 12.0 Å². The zero-order chi connectivity index (χ0) is 24.1. The van der Waals surface area contributed by atoms with Gasteiger partial charge >= 0.3 is 11.9 Å². The maximum absolute atomic E-state index is 13.5. The highest BCUT2D eigenvalue weighted by Gasteiger charge is 2.32. The smallest absolute Gasteiger partial charge is 0.412 e. The summed E-state index contributed by atoms with van der Waals surface area (Å²) in [5.41, 5.74) is 1.18. The summed E-state index contributed by atoms with van der Waals surface area (Å²) in [6.07, 6.45) is 0.658. The number of alkyl halides is 3. The summed E-state index contributed by atoms with van der Waals surface area (Å²) in [5.74, 6) is -1.01. The van der Waals surface area contributed by atoms with Crippen molar-refractivity contribution in [3.63, 3.8) is 0 Å². The van der Waals surface area contributed by atoms with Crippen molar-refractivity contribution < 1.29 is 22.3 Å².